The summed E-state index contributed by atoms with van der Waals surface area (Å²) >= 11 is 12.7. The van der Waals surface area contributed by atoms with Gasteiger partial charge in [-0.05, 0) is 18.4 Å². The smallest absolute Gasteiger partial charge is 0.0849 e. The van der Waals surface area contributed by atoms with Crippen LogP contribution in [0.1, 0.15) is 58.8 Å². The number of thioether (sulfide) groups is 1. The Labute approximate surface area is 132 Å². The second-order valence-electron chi connectivity index (χ2n) is 5.18. The highest BCUT2D eigenvalue weighted by molar-refractivity contribution is 8.26. The summed E-state index contributed by atoms with van der Waals surface area (Å²) < 4.78 is 4.87. The highest BCUT2D eigenvalue weighted by Gasteiger charge is 2.40. The Morgan fingerprint density at radius 1 is 1.22 bits per heavy atom. The van der Waals surface area contributed by atoms with E-state index in [2.05, 4.69) is 43.5 Å². The van der Waals surface area contributed by atoms with Crippen LogP contribution in [-0.2, 0) is 0 Å². The van der Waals surface area contributed by atoms with Crippen LogP contribution in [0.25, 0.3) is 0 Å². The van der Waals surface area contributed by atoms with Gasteiger partial charge in [0.15, 0.2) is 0 Å². The van der Waals surface area contributed by atoms with Gasteiger partial charge in [0.2, 0.25) is 0 Å². The third kappa shape index (κ3) is 5.22. The van der Waals surface area contributed by atoms with Crippen molar-refractivity contribution < 1.29 is 0 Å². The first-order chi connectivity index (χ1) is 8.61. The van der Waals surface area contributed by atoms with Crippen LogP contribution in [0.2, 0.25) is 0 Å². The lowest BCUT2D eigenvalue weighted by atomic mass is 9.88. The van der Waals surface area contributed by atoms with Crippen LogP contribution in [0.5, 0.6) is 0 Å². The summed E-state index contributed by atoms with van der Waals surface area (Å²) in [4.78, 5) is 0. The van der Waals surface area contributed by atoms with Gasteiger partial charge < -0.3 is 0 Å². The van der Waals surface area contributed by atoms with Crippen molar-refractivity contribution >= 4 is 54.5 Å². The molecule has 0 saturated heterocycles. The SMILES string of the molecule is CCCCCCCCC(C)(C(S)S)C1SC=NS1. The van der Waals surface area contributed by atoms with E-state index in [9.17, 15) is 0 Å². The molecule has 2 unspecified atom stereocenters. The summed E-state index contributed by atoms with van der Waals surface area (Å²) in [6.45, 7) is 4.57. The third-order valence-electron chi connectivity index (χ3n) is 3.58. The minimum Gasteiger partial charge on any atom is -0.217 e. The minimum absolute atomic E-state index is 0.125. The van der Waals surface area contributed by atoms with Crippen molar-refractivity contribution in [2.24, 2.45) is 9.81 Å². The molecule has 0 aromatic heterocycles. The second kappa shape index (κ2) is 9.09. The van der Waals surface area contributed by atoms with E-state index in [1.54, 1.807) is 11.9 Å². The molecular weight excluding hydrogens is 298 g/mol. The van der Waals surface area contributed by atoms with Gasteiger partial charge in [-0.15, -0.1) is 0 Å². The average molecular weight is 324 g/mol. The summed E-state index contributed by atoms with van der Waals surface area (Å²) in [6, 6.07) is 0. The molecule has 106 valence electrons. The lowest BCUT2D eigenvalue weighted by molar-refractivity contribution is 0.347. The van der Waals surface area contributed by atoms with Crippen molar-refractivity contribution in [3.05, 3.63) is 0 Å². The van der Waals surface area contributed by atoms with Crippen molar-refractivity contribution in [1.82, 2.24) is 0 Å². The van der Waals surface area contributed by atoms with Crippen LogP contribution >= 0.6 is 49.0 Å². The Kier molecular flexibility index (Phi) is 8.65. The summed E-state index contributed by atoms with van der Waals surface area (Å²) in [6.07, 6.45) is 9.28. The van der Waals surface area contributed by atoms with E-state index in [0.717, 1.165) is 0 Å². The fourth-order valence-corrected chi connectivity index (χ4v) is 5.25. The Bertz CT molecular complexity index is 249. The van der Waals surface area contributed by atoms with Crippen LogP contribution in [-0.4, -0.2) is 14.7 Å². The van der Waals surface area contributed by atoms with E-state index in [4.69, 9.17) is 0 Å². The Morgan fingerprint density at radius 2 is 1.89 bits per heavy atom. The summed E-state index contributed by atoms with van der Waals surface area (Å²) in [5.74, 6) is 0. The number of unbranched alkanes of at least 4 members (excludes halogenated alkanes) is 5. The van der Waals surface area contributed by atoms with Crippen LogP contribution < -0.4 is 0 Å². The first-order valence-corrected chi connectivity index (χ1v) is 9.61. The minimum atomic E-state index is 0.125. The molecule has 0 aromatic rings. The fraction of sp³-hybridized carbons (Fsp3) is 0.923. The predicted molar refractivity (Wildman–Crippen MR) is 95.3 cm³/mol. The predicted octanol–water partition coefficient (Wildman–Crippen LogP) is 5.68. The zero-order valence-corrected chi connectivity index (χ0v) is 14.8. The molecule has 0 amide bonds. The summed E-state index contributed by atoms with van der Waals surface area (Å²) in [7, 11) is 0. The van der Waals surface area contributed by atoms with Crippen LogP contribution in [0, 0.1) is 5.41 Å². The molecule has 18 heavy (non-hydrogen) atoms. The zero-order chi connectivity index (χ0) is 13.4. The zero-order valence-electron chi connectivity index (χ0n) is 11.3. The maximum Gasteiger partial charge on any atom is 0.0849 e. The lowest BCUT2D eigenvalue weighted by Crippen LogP contribution is -2.33. The van der Waals surface area contributed by atoms with Gasteiger partial charge in [0.05, 0.1) is 14.7 Å². The molecule has 0 spiro atoms. The molecule has 1 rings (SSSR count). The number of nitrogens with zero attached hydrogens (tertiary/aromatic N) is 1. The van der Waals surface area contributed by atoms with Gasteiger partial charge in [-0.2, -0.15) is 25.3 Å². The summed E-state index contributed by atoms with van der Waals surface area (Å²) in [5.41, 5.74) is 2.11. The topological polar surface area (TPSA) is 12.4 Å². The van der Waals surface area contributed by atoms with E-state index in [1.165, 1.54) is 44.9 Å². The molecule has 1 aliphatic heterocycles. The maximum absolute atomic E-state index is 4.59. The highest BCUT2D eigenvalue weighted by Crippen LogP contribution is 2.50. The van der Waals surface area contributed by atoms with Gasteiger partial charge in [-0.1, -0.05) is 64.1 Å². The molecule has 0 radical (unpaired) electrons. The first-order valence-electron chi connectivity index (χ1n) is 6.80. The molecule has 0 bridgehead atoms. The number of rotatable bonds is 9. The molecule has 1 heterocycles. The number of hydrogen-bond acceptors (Lipinski definition) is 5. The van der Waals surface area contributed by atoms with Gasteiger partial charge in [-0.25, -0.2) is 4.40 Å². The summed E-state index contributed by atoms with van der Waals surface area (Å²) in [5, 5.41) is 0. The van der Waals surface area contributed by atoms with Crippen molar-refractivity contribution in [2.75, 3.05) is 0 Å². The Morgan fingerprint density at radius 3 is 2.44 bits per heavy atom. The van der Waals surface area contributed by atoms with E-state index in [1.807, 2.05) is 17.3 Å². The quantitative estimate of drug-likeness (QED) is 0.245. The normalized spacial score (nSPS) is 22.6. The Hall–Kier alpha value is 1.07. The average Bonchev–Trinajstić information content (AvgIpc) is 2.87. The standard InChI is InChI=1S/C13H25NS4/c1-3-4-5-6-7-8-9-13(2,11(15)16)12-17-10-14-18-12/h10-12,15-16H,3-9H2,1-2H3. The number of thiol groups is 2. The van der Waals surface area contributed by atoms with E-state index < -0.39 is 0 Å². The Balaban J connectivity index is 2.29. The van der Waals surface area contributed by atoms with Crippen molar-refractivity contribution in [3.63, 3.8) is 0 Å². The van der Waals surface area contributed by atoms with E-state index >= 15 is 0 Å². The van der Waals surface area contributed by atoms with Gasteiger partial charge in [0.1, 0.15) is 0 Å². The molecule has 0 fully saturated rings. The maximum atomic E-state index is 4.59. The van der Waals surface area contributed by atoms with Gasteiger partial charge in [0, 0.05) is 5.41 Å². The molecule has 1 aliphatic rings. The third-order valence-corrected chi connectivity index (χ3v) is 7.46. The van der Waals surface area contributed by atoms with Crippen LogP contribution in [0.4, 0.5) is 0 Å². The monoisotopic (exact) mass is 323 g/mol. The lowest BCUT2D eigenvalue weighted by Gasteiger charge is -2.36. The van der Waals surface area contributed by atoms with Gasteiger partial charge in [0.25, 0.3) is 0 Å². The number of hydrogen-bond donors (Lipinski definition) is 2. The highest BCUT2D eigenvalue weighted by atomic mass is 32.2. The molecule has 0 aliphatic carbocycles. The van der Waals surface area contributed by atoms with Gasteiger partial charge >= 0.3 is 0 Å². The van der Waals surface area contributed by atoms with Crippen molar-refractivity contribution in [1.29, 1.82) is 0 Å². The first kappa shape index (κ1) is 17.1. The van der Waals surface area contributed by atoms with Gasteiger partial charge in [-0.3, -0.25) is 0 Å². The second-order valence-corrected chi connectivity index (χ2v) is 8.77. The molecule has 1 nitrogen and oxygen atoms in total. The van der Waals surface area contributed by atoms with E-state index in [0.29, 0.717) is 4.58 Å². The van der Waals surface area contributed by atoms with Crippen molar-refractivity contribution in [2.45, 2.75) is 68.0 Å². The molecule has 2 atom stereocenters. The largest absolute Gasteiger partial charge is 0.217 e. The van der Waals surface area contributed by atoms with Crippen LogP contribution in [0.3, 0.4) is 0 Å². The molecular formula is C13H25NS4. The molecule has 0 N–H and O–H groups in total. The molecule has 5 heteroatoms. The molecule has 0 aromatic carbocycles. The molecule has 0 saturated carbocycles. The fourth-order valence-electron chi connectivity index (χ4n) is 2.12. The van der Waals surface area contributed by atoms with E-state index in [-0.39, 0.29) is 10.00 Å². The van der Waals surface area contributed by atoms with Crippen molar-refractivity contribution in [3.8, 4) is 0 Å². The van der Waals surface area contributed by atoms with Crippen LogP contribution in [0.15, 0.2) is 4.40 Å².